The highest BCUT2D eigenvalue weighted by molar-refractivity contribution is 7.91. The Kier molecular flexibility index (Phi) is 10.3. The van der Waals surface area contributed by atoms with Crippen molar-refractivity contribution in [3.63, 3.8) is 0 Å². The van der Waals surface area contributed by atoms with Crippen LogP contribution >= 0.6 is 0 Å². The molecule has 0 amide bonds. The summed E-state index contributed by atoms with van der Waals surface area (Å²) in [6.07, 6.45) is 0. The highest BCUT2D eigenvalue weighted by Gasteiger charge is 2.25. The van der Waals surface area contributed by atoms with Crippen LogP contribution in [0.5, 0.6) is 23.0 Å². The van der Waals surface area contributed by atoms with Gasteiger partial charge in [-0.3, -0.25) is 4.55 Å². The van der Waals surface area contributed by atoms with Crippen LogP contribution in [0.3, 0.4) is 0 Å². The van der Waals surface area contributed by atoms with E-state index in [1.54, 1.807) is 19.2 Å². The van der Waals surface area contributed by atoms with E-state index in [0.717, 1.165) is 6.07 Å². The van der Waals surface area contributed by atoms with E-state index in [2.05, 4.69) is 25.8 Å². The van der Waals surface area contributed by atoms with Crippen molar-refractivity contribution >= 4 is 69.0 Å². The van der Waals surface area contributed by atoms with Crippen LogP contribution in [0.4, 0.5) is 28.4 Å². The molecule has 48 heavy (non-hydrogen) atoms. The summed E-state index contributed by atoms with van der Waals surface area (Å²) in [5, 5.41) is 41.5. The zero-order valence-electron chi connectivity index (χ0n) is 26.2. The van der Waals surface area contributed by atoms with Crippen LogP contribution < -0.4 is 14.8 Å². The summed E-state index contributed by atoms with van der Waals surface area (Å²) in [5.74, 6) is -1.88. The number of hydrogen-bond acceptors (Lipinski definition) is 15. The SMILES string of the molecule is CCS(=O)(=O)c1cc(/N=N/c2ccc3c(/N=N/c4cc(OC)c(S(=O)(=O)CC)cc4OC)c(NC)ccc3c2O)c(O)c(S(=O)(=O)O)c1. The minimum Gasteiger partial charge on any atom is -0.505 e. The average molecular weight is 722 g/mol. The lowest BCUT2D eigenvalue weighted by Gasteiger charge is -2.13. The smallest absolute Gasteiger partial charge is 0.298 e. The van der Waals surface area contributed by atoms with Crippen molar-refractivity contribution in [3.8, 4) is 23.0 Å². The van der Waals surface area contributed by atoms with Crippen molar-refractivity contribution in [3.05, 3.63) is 48.5 Å². The van der Waals surface area contributed by atoms with E-state index in [1.165, 1.54) is 52.3 Å². The van der Waals surface area contributed by atoms with Gasteiger partial charge < -0.3 is 25.0 Å². The third-order valence-corrected chi connectivity index (χ3v) is 11.5. The van der Waals surface area contributed by atoms with Crippen LogP contribution in [0.25, 0.3) is 10.8 Å². The lowest BCUT2D eigenvalue weighted by molar-refractivity contribution is 0.393. The molecule has 4 rings (SSSR count). The molecule has 0 aromatic heterocycles. The molecule has 0 saturated heterocycles. The standard InChI is InChI=1S/C29H31N5O11S3/c1-6-46(37,38)16-12-22(29(36)26(13-16)48(41,42)43)33-31-20-11-8-17-18(28(20)35)9-10-19(30-3)27(17)34-32-21-14-24(45-5)25(15-23(21)44-4)47(39,40)7-2/h8-15,30,35-36H,6-7H2,1-5H3,(H,41,42,43)/b33-31+,34-32+. The Hall–Kier alpha value is -4.85. The van der Waals surface area contributed by atoms with Crippen molar-refractivity contribution in [2.75, 3.05) is 38.1 Å². The molecule has 256 valence electrons. The van der Waals surface area contributed by atoms with Gasteiger partial charge in [-0.25, -0.2) is 16.8 Å². The second kappa shape index (κ2) is 13.7. The molecular formula is C29H31N5O11S3. The zero-order chi connectivity index (χ0) is 35.6. The number of hydrogen-bond donors (Lipinski definition) is 4. The first kappa shape index (κ1) is 36.0. The number of methoxy groups -OCH3 is 2. The molecule has 0 heterocycles. The normalized spacial score (nSPS) is 12.6. The molecule has 4 aromatic rings. The molecule has 4 N–H and O–H groups in total. The van der Waals surface area contributed by atoms with E-state index in [0.29, 0.717) is 17.1 Å². The van der Waals surface area contributed by atoms with E-state index in [4.69, 9.17) is 9.47 Å². The summed E-state index contributed by atoms with van der Waals surface area (Å²) >= 11 is 0. The summed E-state index contributed by atoms with van der Waals surface area (Å²) in [6.45, 7) is 2.82. The largest absolute Gasteiger partial charge is 0.505 e. The van der Waals surface area contributed by atoms with Gasteiger partial charge in [0.25, 0.3) is 10.1 Å². The second-order valence-corrected chi connectivity index (χ2v) is 15.8. The summed E-state index contributed by atoms with van der Waals surface area (Å²) < 4.78 is 94.0. The van der Waals surface area contributed by atoms with Crippen molar-refractivity contribution < 1.29 is 49.5 Å². The topological polar surface area (TPSA) is 243 Å². The number of aromatic hydroxyl groups is 2. The van der Waals surface area contributed by atoms with Crippen molar-refractivity contribution in [1.29, 1.82) is 0 Å². The van der Waals surface area contributed by atoms with Crippen LogP contribution in [0, 0.1) is 0 Å². The summed E-state index contributed by atoms with van der Waals surface area (Å²) in [7, 11) is -8.42. The summed E-state index contributed by atoms with van der Waals surface area (Å²) in [6, 6.07) is 10.2. The molecule has 19 heteroatoms. The number of nitrogens with one attached hydrogen (secondary N) is 1. The average Bonchev–Trinajstić information content (AvgIpc) is 3.06. The fourth-order valence-corrected chi connectivity index (χ4v) is 7.15. The first-order valence-corrected chi connectivity index (χ1v) is 18.6. The summed E-state index contributed by atoms with van der Waals surface area (Å²) in [4.78, 5) is -1.69. The summed E-state index contributed by atoms with van der Waals surface area (Å²) in [5.41, 5.74) is 0.146. The predicted octanol–water partition coefficient (Wildman–Crippen LogP) is 5.97. The molecule has 4 aromatic carbocycles. The van der Waals surface area contributed by atoms with E-state index in [9.17, 15) is 40.0 Å². The number of phenols is 2. The van der Waals surface area contributed by atoms with Gasteiger partial charge in [-0.2, -0.15) is 8.42 Å². The molecule has 0 unspecified atom stereocenters. The Morgan fingerprint density at radius 2 is 1.27 bits per heavy atom. The van der Waals surface area contributed by atoms with Gasteiger partial charge in [0.05, 0.1) is 36.3 Å². The van der Waals surface area contributed by atoms with E-state index in [-0.39, 0.29) is 44.6 Å². The fraction of sp³-hybridized carbons (Fsp3) is 0.241. The number of sulfone groups is 2. The molecule has 0 bridgehead atoms. The number of fused-ring (bicyclic) bond motifs is 1. The number of anilines is 1. The highest BCUT2D eigenvalue weighted by Crippen LogP contribution is 2.45. The number of phenolic OH excluding ortho intramolecular Hbond substituents is 2. The van der Waals surface area contributed by atoms with Gasteiger partial charge in [0, 0.05) is 30.0 Å². The third kappa shape index (κ3) is 7.03. The Balaban J connectivity index is 1.84. The van der Waals surface area contributed by atoms with E-state index < -0.39 is 62.5 Å². The molecule has 0 aliphatic rings. The van der Waals surface area contributed by atoms with Gasteiger partial charge in [0.1, 0.15) is 44.0 Å². The highest BCUT2D eigenvalue weighted by atomic mass is 32.2. The lowest BCUT2D eigenvalue weighted by atomic mass is 10.1. The first-order valence-electron chi connectivity index (χ1n) is 13.9. The molecule has 0 aliphatic heterocycles. The molecule has 0 spiro atoms. The Morgan fingerprint density at radius 3 is 1.85 bits per heavy atom. The zero-order valence-corrected chi connectivity index (χ0v) is 28.6. The number of ether oxygens (including phenoxy) is 2. The Bertz CT molecular complexity index is 2310. The number of rotatable bonds is 12. The van der Waals surface area contributed by atoms with Crippen LogP contribution in [-0.4, -0.2) is 72.8 Å². The third-order valence-electron chi connectivity index (χ3n) is 7.14. The molecule has 0 atom stereocenters. The van der Waals surface area contributed by atoms with Gasteiger partial charge in [0.2, 0.25) is 0 Å². The first-order chi connectivity index (χ1) is 22.5. The van der Waals surface area contributed by atoms with Gasteiger partial charge in [-0.1, -0.05) is 13.8 Å². The van der Waals surface area contributed by atoms with E-state index >= 15 is 0 Å². The minimum absolute atomic E-state index is 0.0404. The maximum atomic E-state index is 12.6. The van der Waals surface area contributed by atoms with Crippen molar-refractivity contribution in [2.24, 2.45) is 20.5 Å². The minimum atomic E-state index is -5.05. The molecular weight excluding hydrogens is 691 g/mol. The Morgan fingerprint density at radius 1 is 0.667 bits per heavy atom. The lowest BCUT2D eigenvalue weighted by Crippen LogP contribution is -2.06. The van der Waals surface area contributed by atoms with Gasteiger partial charge >= 0.3 is 0 Å². The van der Waals surface area contributed by atoms with Crippen LogP contribution in [-0.2, 0) is 29.8 Å². The van der Waals surface area contributed by atoms with Crippen LogP contribution in [0.2, 0.25) is 0 Å². The maximum absolute atomic E-state index is 12.6. The molecule has 16 nitrogen and oxygen atoms in total. The quantitative estimate of drug-likeness (QED) is 0.0976. The van der Waals surface area contributed by atoms with Gasteiger partial charge in [0.15, 0.2) is 31.2 Å². The number of benzene rings is 4. The van der Waals surface area contributed by atoms with Crippen molar-refractivity contribution in [1.82, 2.24) is 0 Å². The maximum Gasteiger partial charge on any atom is 0.298 e. The molecule has 0 aliphatic carbocycles. The second-order valence-electron chi connectivity index (χ2n) is 9.89. The van der Waals surface area contributed by atoms with Crippen LogP contribution in [0.1, 0.15) is 13.8 Å². The predicted molar refractivity (Wildman–Crippen MR) is 176 cm³/mol. The van der Waals surface area contributed by atoms with Gasteiger partial charge in [-0.05, 0) is 36.4 Å². The monoisotopic (exact) mass is 721 g/mol. The Labute approximate surface area is 276 Å². The van der Waals surface area contributed by atoms with Crippen molar-refractivity contribution in [2.45, 2.75) is 28.5 Å². The van der Waals surface area contributed by atoms with Gasteiger partial charge in [-0.15, -0.1) is 20.5 Å². The fourth-order valence-electron chi connectivity index (χ4n) is 4.48. The molecule has 0 saturated carbocycles. The number of azo groups is 2. The van der Waals surface area contributed by atoms with E-state index in [1.807, 2.05) is 0 Å². The molecule has 0 radical (unpaired) electrons. The van der Waals surface area contributed by atoms with Crippen LogP contribution in [0.15, 0.2) is 83.7 Å². The number of nitrogens with zero attached hydrogens (tertiary/aromatic N) is 4. The molecule has 0 fully saturated rings.